The number of hydrogen-bond acceptors (Lipinski definition) is 5. The molecule has 0 fully saturated rings. The second kappa shape index (κ2) is 5.48. The van der Waals surface area contributed by atoms with Gasteiger partial charge >= 0.3 is 0 Å². The number of methoxy groups -OCH3 is 1. The van der Waals surface area contributed by atoms with Crippen LogP contribution in [0.5, 0.6) is 5.75 Å². The molecule has 18 heavy (non-hydrogen) atoms. The SMILES string of the molecule is COc1cc(C)c(C)cc1-c1csc(CNN)n1. The Bertz CT molecular complexity index is 551. The number of hydrazine groups is 1. The number of nitrogens with one attached hydrogen (secondary N) is 1. The number of hydrogen-bond donors (Lipinski definition) is 2. The van der Waals surface area contributed by atoms with E-state index in [9.17, 15) is 0 Å². The Hall–Kier alpha value is -1.43. The van der Waals surface area contributed by atoms with E-state index in [1.54, 1.807) is 18.4 Å². The first-order valence-electron chi connectivity index (χ1n) is 5.69. The number of nitrogens with zero attached hydrogens (tertiary/aromatic N) is 1. The maximum Gasteiger partial charge on any atom is 0.128 e. The fourth-order valence-electron chi connectivity index (χ4n) is 1.76. The molecule has 96 valence electrons. The quantitative estimate of drug-likeness (QED) is 0.657. The number of ether oxygens (including phenoxy) is 1. The largest absolute Gasteiger partial charge is 0.496 e. The summed E-state index contributed by atoms with van der Waals surface area (Å²) in [6.45, 7) is 4.75. The molecule has 1 aromatic carbocycles. The lowest BCUT2D eigenvalue weighted by Crippen LogP contribution is -2.20. The number of nitrogens with two attached hydrogens (primary N) is 1. The fraction of sp³-hybridized carbons (Fsp3) is 0.308. The molecule has 0 saturated carbocycles. The van der Waals surface area contributed by atoms with Crippen LogP contribution in [0, 0.1) is 13.8 Å². The van der Waals surface area contributed by atoms with Crippen LogP contribution in [0.2, 0.25) is 0 Å². The molecule has 0 spiro atoms. The van der Waals surface area contributed by atoms with Crippen LogP contribution < -0.4 is 16.0 Å². The van der Waals surface area contributed by atoms with E-state index in [4.69, 9.17) is 10.6 Å². The summed E-state index contributed by atoms with van der Waals surface area (Å²) in [7, 11) is 1.68. The third-order valence-corrected chi connectivity index (χ3v) is 3.75. The molecule has 1 heterocycles. The zero-order valence-corrected chi connectivity index (χ0v) is 11.6. The van der Waals surface area contributed by atoms with Gasteiger partial charge in [0, 0.05) is 10.9 Å². The van der Waals surface area contributed by atoms with Crippen LogP contribution >= 0.6 is 11.3 Å². The Labute approximate surface area is 111 Å². The molecule has 0 aliphatic carbocycles. The maximum atomic E-state index is 5.43. The van der Waals surface area contributed by atoms with E-state index in [1.165, 1.54) is 11.1 Å². The van der Waals surface area contributed by atoms with E-state index < -0.39 is 0 Å². The van der Waals surface area contributed by atoms with E-state index in [0.717, 1.165) is 22.0 Å². The standard InChI is InChI=1S/C13H17N3OS/c1-8-4-10(12(17-3)5-9(8)2)11-7-18-13(16-11)6-15-14/h4-5,7,15H,6,14H2,1-3H3. The van der Waals surface area contributed by atoms with Gasteiger partial charge in [0.2, 0.25) is 0 Å². The molecular formula is C13H17N3OS. The van der Waals surface area contributed by atoms with Gasteiger partial charge < -0.3 is 4.74 Å². The van der Waals surface area contributed by atoms with Crippen molar-refractivity contribution >= 4 is 11.3 Å². The van der Waals surface area contributed by atoms with E-state index in [1.807, 2.05) is 11.4 Å². The molecule has 4 nitrogen and oxygen atoms in total. The third kappa shape index (κ3) is 2.53. The van der Waals surface area contributed by atoms with Crippen LogP contribution in [0.25, 0.3) is 11.3 Å². The zero-order valence-electron chi connectivity index (χ0n) is 10.8. The molecule has 2 aromatic rings. The van der Waals surface area contributed by atoms with Gasteiger partial charge in [0.25, 0.3) is 0 Å². The molecule has 1 aromatic heterocycles. The number of thiazole rings is 1. The van der Waals surface area contributed by atoms with Gasteiger partial charge in [-0.2, -0.15) is 0 Å². The maximum absolute atomic E-state index is 5.43. The van der Waals surface area contributed by atoms with E-state index in [-0.39, 0.29) is 0 Å². The van der Waals surface area contributed by atoms with Gasteiger partial charge in [0.05, 0.1) is 19.3 Å². The van der Waals surface area contributed by atoms with Crippen LogP contribution in [0.4, 0.5) is 0 Å². The Balaban J connectivity index is 2.45. The fourth-order valence-corrected chi connectivity index (χ4v) is 2.51. The van der Waals surface area contributed by atoms with Crippen molar-refractivity contribution in [2.75, 3.05) is 7.11 Å². The molecule has 2 rings (SSSR count). The predicted molar refractivity (Wildman–Crippen MR) is 74.6 cm³/mol. The molecule has 0 bridgehead atoms. The van der Waals surface area contributed by atoms with Gasteiger partial charge in [-0.1, -0.05) is 0 Å². The summed E-state index contributed by atoms with van der Waals surface area (Å²) in [6.07, 6.45) is 0. The highest BCUT2D eigenvalue weighted by molar-refractivity contribution is 7.09. The van der Waals surface area contributed by atoms with E-state index in [0.29, 0.717) is 6.54 Å². The first-order valence-corrected chi connectivity index (χ1v) is 6.57. The monoisotopic (exact) mass is 263 g/mol. The lowest BCUT2D eigenvalue weighted by molar-refractivity contribution is 0.416. The van der Waals surface area contributed by atoms with Crippen LogP contribution in [0.3, 0.4) is 0 Å². The van der Waals surface area contributed by atoms with E-state index >= 15 is 0 Å². The minimum Gasteiger partial charge on any atom is -0.496 e. The second-order valence-corrected chi connectivity index (χ2v) is 5.09. The molecule has 5 heteroatoms. The van der Waals surface area contributed by atoms with E-state index in [2.05, 4.69) is 30.3 Å². The molecule has 0 aliphatic rings. The van der Waals surface area contributed by atoms with Gasteiger partial charge in [-0.15, -0.1) is 11.3 Å². The summed E-state index contributed by atoms with van der Waals surface area (Å²) in [5.41, 5.74) is 7.03. The van der Waals surface area contributed by atoms with Gasteiger partial charge in [-0.3, -0.25) is 11.3 Å². The van der Waals surface area contributed by atoms with Gasteiger partial charge in [-0.25, -0.2) is 4.98 Å². The second-order valence-electron chi connectivity index (χ2n) is 4.14. The minimum absolute atomic E-state index is 0.581. The summed E-state index contributed by atoms with van der Waals surface area (Å²) in [6, 6.07) is 4.16. The molecule has 0 saturated heterocycles. The molecule has 0 aliphatic heterocycles. The number of rotatable bonds is 4. The lowest BCUT2D eigenvalue weighted by atomic mass is 10.0. The highest BCUT2D eigenvalue weighted by atomic mass is 32.1. The van der Waals surface area contributed by atoms with Crippen molar-refractivity contribution in [1.29, 1.82) is 0 Å². The summed E-state index contributed by atoms with van der Waals surface area (Å²) < 4.78 is 5.43. The Kier molecular flexibility index (Phi) is 3.96. The molecule has 0 unspecified atom stereocenters. The van der Waals surface area contributed by atoms with Gasteiger partial charge in [-0.05, 0) is 37.1 Å². The lowest BCUT2D eigenvalue weighted by Gasteiger charge is -2.10. The average molecular weight is 263 g/mol. The molecule has 3 N–H and O–H groups in total. The van der Waals surface area contributed by atoms with Crippen LogP contribution in [-0.4, -0.2) is 12.1 Å². The third-order valence-electron chi connectivity index (χ3n) is 2.90. The van der Waals surface area contributed by atoms with Crippen molar-refractivity contribution in [2.24, 2.45) is 5.84 Å². The van der Waals surface area contributed by atoms with Crippen LogP contribution in [0.1, 0.15) is 16.1 Å². The average Bonchev–Trinajstić information content (AvgIpc) is 2.81. The van der Waals surface area contributed by atoms with Gasteiger partial charge in [0.15, 0.2) is 0 Å². The molecular weight excluding hydrogens is 246 g/mol. The highest BCUT2D eigenvalue weighted by Gasteiger charge is 2.11. The van der Waals surface area contributed by atoms with Crippen molar-refractivity contribution in [3.63, 3.8) is 0 Å². The number of aryl methyl sites for hydroxylation is 2. The van der Waals surface area contributed by atoms with Crippen LogP contribution in [0.15, 0.2) is 17.5 Å². The Morgan fingerprint density at radius 3 is 2.72 bits per heavy atom. The highest BCUT2D eigenvalue weighted by Crippen LogP contribution is 2.33. The summed E-state index contributed by atoms with van der Waals surface area (Å²) >= 11 is 1.59. The van der Waals surface area contributed by atoms with Crippen molar-refractivity contribution in [3.05, 3.63) is 33.6 Å². The Morgan fingerprint density at radius 1 is 1.33 bits per heavy atom. The Morgan fingerprint density at radius 2 is 2.06 bits per heavy atom. The molecule has 0 radical (unpaired) electrons. The summed E-state index contributed by atoms with van der Waals surface area (Å²) in [4.78, 5) is 4.55. The molecule has 0 amide bonds. The predicted octanol–water partition coefficient (Wildman–Crippen LogP) is 2.40. The summed E-state index contributed by atoms with van der Waals surface area (Å²) in [5.74, 6) is 6.16. The van der Waals surface area contributed by atoms with Crippen LogP contribution in [-0.2, 0) is 6.54 Å². The number of aromatic nitrogens is 1. The topological polar surface area (TPSA) is 60.2 Å². The number of benzene rings is 1. The van der Waals surface area contributed by atoms with Crippen molar-refractivity contribution in [3.8, 4) is 17.0 Å². The zero-order chi connectivity index (χ0) is 13.1. The van der Waals surface area contributed by atoms with Crippen molar-refractivity contribution in [2.45, 2.75) is 20.4 Å². The smallest absolute Gasteiger partial charge is 0.128 e. The van der Waals surface area contributed by atoms with Crippen molar-refractivity contribution in [1.82, 2.24) is 10.4 Å². The normalized spacial score (nSPS) is 10.7. The first kappa shape index (κ1) is 13.0. The molecule has 0 atom stereocenters. The van der Waals surface area contributed by atoms with Crippen molar-refractivity contribution < 1.29 is 4.74 Å². The van der Waals surface area contributed by atoms with Gasteiger partial charge in [0.1, 0.15) is 10.8 Å². The summed E-state index contributed by atoms with van der Waals surface area (Å²) in [5, 5.41) is 2.99. The minimum atomic E-state index is 0.581. The first-order chi connectivity index (χ1) is 8.65.